The third-order valence-corrected chi connectivity index (χ3v) is 9.78. The molecule has 0 saturated heterocycles. The second kappa shape index (κ2) is 6.48. The number of rotatable bonds is 2. The molecular formula is C22H29F5O3. The summed E-state index contributed by atoms with van der Waals surface area (Å²) in [4.78, 5) is 23.7. The van der Waals surface area contributed by atoms with Gasteiger partial charge in [-0.3, -0.25) is 4.79 Å². The fourth-order valence-corrected chi connectivity index (χ4v) is 8.06. The minimum Gasteiger partial charge on any atom is -0.383 e. The van der Waals surface area contributed by atoms with Crippen LogP contribution in [0.5, 0.6) is 0 Å². The Morgan fingerprint density at radius 2 is 1.63 bits per heavy atom. The van der Waals surface area contributed by atoms with E-state index in [-0.39, 0.29) is 41.8 Å². The van der Waals surface area contributed by atoms with Crippen LogP contribution < -0.4 is 0 Å². The van der Waals surface area contributed by atoms with Gasteiger partial charge in [0.2, 0.25) is 0 Å². The predicted octanol–water partition coefficient (Wildman–Crippen LogP) is 4.95. The molecule has 0 aromatic carbocycles. The van der Waals surface area contributed by atoms with E-state index in [2.05, 4.69) is 6.92 Å². The van der Waals surface area contributed by atoms with Crippen LogP contribution in [0.1, 0.15) is 65.2 Å². The van der Waals surface area contributed by atoms with Crippen LogP contribution in [0.2, 0.25) is 0 Å². The number of hydrogen-bond donors (Lipinski definition) is 1. The number of carbonyl (C=O) groups excluding carboxylic acids is 2. The molecule has 0 heterocycles. The van der Waals surface area contributed by atoms with Gasteiger partial charge in [-0.25, -0.2) is 0 Å². The lowest BCUT2D eigenvalue weighted by molar-refractivity contribution is -0.364. The van der Waals surface area contributed by atoms with Crippen molar-refractivity contribution < 1.29 is 36.6 Å². The molecule has 3 unspecified atom stereocenters. The number of ketones is 1. The molecule has 0 amide bonds. The van der Waals surface area contributed by atoms with Crippen LogP contribution in [0, 0.1) is 40.4 Å². The van der Waals surface area contributed by atoms with Crippen molar-refractivity contribution >= 4 is 12.1 Å². The maximum absolute atomic E-state index is 14.5. The standard InChI is InChI=1S/C22H29F5O3/c1-18-10-12(11-28)17(29)9-13(18)3-4-14-15(18)5-7-19(2)16(14)6-8-20(19,30)21(23,24)22(25,26)27/h11-16,30H,3-10H2,1-2H3/t12?,13?,14-,15-,16+,18+,19+,20?/m1/s1. The van der Waals surface area contributed by atoms with Crippen molar-refractivity contribution in [3.8, 4) is 0 Å². The summed E-state index contributed by atoms with van der Waals surface area (Å²) in [5, 5.41) is 10.8. The molecule has 0 spiro atoms. The van der Waals surface area contributed by atoms with Gasteiger partial charge < -0.3 is 9.90 Å². The minimum atomic E-state index is -5.80. The third-order valence-electron chi connectivity index (χ3n) is 9.78. The van der Waals surface area contributed by atoms with Gasteiger partial charge in [-0.2, -0.15) is 22.0 Å². The lowest BCUT2D eigenvalue weighted by atomic mass is 9.43. The predicted molar refractivity (Wildman–Crippen MR) is 97.6 cm³/mol. The first-order valence-electron chi connectivity index (χ1n) is 10.9. The van der Waals surface area contributed by atoms with Crippen molar-refractivity contribution in [2.75, 3.05) is 0 Å². The number of alkyl halides is 5. The highest BCUT2D eigenvalue weighted by Crippen LogP contribution is 2.71. The number of carbonyl (C=O) groups is 2. The summed E-state index contributed by atoms with van der Waals surface area (Å²) < 4.78 is 68.6. The summed E-state index contributed by atoms with van der Waals surface area (Å²) in [6.45, 7) is 3.47. The molecule has 4 aliphatic rings. The van der Waals surface area contributed by atoms with Gasteiger partial charge in [-0.1, -0.05) is 13.8 Å². The average molecular weight is 436 g/mol. The van der Waals surface area contributed by atoms with E-state index in [0.29, 0.717) is 38.4 Å². The number of aliphatic hydroxyl groups is 1. The Bertz CT molecular complexity index is 752. The Morgan fingerprint density at radius 1 is 1.00 bits per heavy atom. The van der Waals surface area contributed by atoms with Crippen molar-refractivity contribution in [3.05, 3.63) is 0 Å². The van der Waals surface area contributed by atoms with Gasteiger partial charge in [0, 0.05) is 11.8 Å². The van der Waals surface area contributed by atoms with Gasteiger partial charge in [0.25, 0.3) is 0 Å². The molecule has 3 nitrogen and oxygen atoms in total. The molecule has 170 valence electrons. The Morgan fingerprint density at radius 3 is 2.23 bits per heavy atom. The Hall–Kier alpha value is -1.05. The van der Waals surface area contributed by atoms with Crippen LogP contribution >= 0.6 is 0 Å². The summed E-state index contributed by atoms with van der Waals surface area (Å²) in [5.74, 6) is -6.21. The highest BCUT2D eigenvalue weighted by molar-refractivity contribution is 5.94. The third kappa shape index (κ3) is 2.58. The first-order chi connectivity index (χ1) is 13.7. The summed E-state index contributed by atoms with van der Waals surface area (Å²) in [6, 6.07) is 0. The average Bonchev–Trinajstić information content (AvgIpc) is 2.93. The number of halogens is 5. The zero-order valence-electron chi connectivity index (χ0n) is 17.3. The largest absolute Gasteiger partial charge is 0.456 e. The number of Topliss-reactive ketones (excluding diaryl/α,β-unsaturated/α-hetero) is 1. The quantitative estimate of drug-likeness (QED) is 0.379. The van der Waals surface area contributed by atoms with E-state index in [1.807, 2.05) is 0 Å². The monoisotopic (exact) mass is 436 g/mol. The summed E-state index contributed by atoms with van der Waals surface area (Å²) in [5.41, 5.74) is -4.94. The molecule has 4 saturated carbocycles. The summed E-state index contributed by atoms with van der Waals surface area (Å²) >= 11 is 0. The van der Waals surface area contributed by atoms with Crippen molar-refractivity contribution in [2.24, 2.45) is 40.4 Å². The van der Waals surface area contributed by atoms with Crippen LogP contribution in [-0.2, 0) is 9.59 Å². The minimum absolute atomic E-state index is 0.0494. The van der Waals surface area contributed by atoms with E-state index in [4.69, 9.17) is 0 Å². The molecule has 4 rings (SSSR count). The molecule has 0 radical (unpaired) electrons. The molecule has 8 atom stereocenters. The van der Waals surface area contributed by atoms with Gasteiger partial charge in [-0.05, 0) is 74.0 Å². The first-order valence-corrected chi connectivity index (χ1v) is 10.9. The summed E-state index contributed by atoms with van der Waals surface area (Å²) in [6.07, 6.45) is -2.90. The maximum atomic E-state index is 14.5. The van der Waals surface area contributed by atoms with Crippen molar-refractivity contribution in [1.82, 2.24) is 0 Å². The number of aldehydes is 1. The molecule has 4 aliphatic carbocycles. The van der Waals surface area contributed by atoms with E-state index >= 15 is 0 Å². The van der Waals surface area contributed by atoms with Crippen LogP contribution in [0.3, 0.4) is 0 Å². The molecule has 8 heteroatoms. The summed E-state index contributed by atoms with van der Waals surface area (Å²) in [7, 11) is 0. The lowest BCUT2D eigenvalue weighted by Gasteiger charge is -2.61. The van der Waals surface area contributed by atoms with Gasteiger partial charge in [0.05, 0.1) is 5.92 Å². The molecule has 0 bridgehead atoms. The molecule has 0 aliphatic heterocycles. The fourth-order valence-electron chi connectivity index (χ4n) is 8.06. The number of fused-ring (bicyclic) bond motifs is 5. The Balaban J connectivity index is 1.67. The van der Waals surface area contributed by atoms with E-state index in [1.54, 1.807) is 0 Å². The smallest absolute Gasteiger partial charge is 0.383 e. The zero-order valence-corrected chi connectivity index (χ0v) is 17.3. The van der Waals surface area contributed by atoms with Gasteiger partial charge >= 0.3 is 12.1 Å². The highest BCUT2D eigenvalue weighted by atomic mass is 19.4. The molecule has 0 aromatic rings. The SMILES string of the molecule is C[C@]12CC(C=O)C(=O)CC1CC[C@@H]1[C@H]2CC[C@@]2(C)[C@H]1CCC2(O)C(F)(F)C(F)(F)F. The molecule has 0 aromatic heterocycles. The van der Waals surface area contributed by atoms with E-state index in [9.17, 15) is 36.6 Å². The van der Waals surface area contributed by atoms with Gasteiger partial charge in [0.15, 0.2) is 0 Å². The fraction of sp³-hybridized carbons (Fsp3) is 0.909. The first kappa shape index (κ1) is 22.2. The second-order valence-corrected chi connectivity index (χ2v) is 10.7. The van der Waals surface area contributed by atoms with E-state index < -0.39 is 41.4 Å². The molecule has 30 heavy (non-hydrogen) atoms. The Labute approximate surface area is 172 Å². The topological polar surface area (TPSA) is 54.4 Å². The molecular weight excluding hydrogens is 407 g/mol. The highest BCUT2D eigenvalue weighted by Gasteiger charge is 2.79. The molecule has 1 N–H and O–H groups in total. The van der Waals surface area contributed by atoms with E-state index in [0.717, 1.165) is 0 Å². The second-order valence-electron chi connectivity index (χ2n) is 10.7. The number of hydrogen-bond acceptors (Lipinski definition) is 3. The normalized spacial score (nSPS) is 49.2. The van der Waals surface area contributed by atoms with Crippen molar-refractivity contribution in [3.63, 3.8) is 0 Å². The van der Waals surface area contributed by atoms with Gasteiger partial charge in [-0.15, -0.1) is 0 Å². The van der Waals surface area contributed by atoms with Crippen LogP contribution in [0.25, 0.3) is 0 Å². The van der Waals surface area contributed by atoms with Crippen LogP contribution in [0.15, 0.2) is 0 Å². The molecule has 4 fully saturated rings. The van der Waals surface area contributed by atoms with E-state index in [1.165, 1.54) is 6.92 Å². The van der Waals surface area contributed by atoms with Crippen LogP contribution in [-0.4, -0.2) is 34.9 Å². The van der Waals surface area contributed by atoms with Gasteiger partial charge in [0.1, 0.15) is 17.7 Å². The van der Waals surface area contributed by atoms with Crippen LogP contribution in [0.4, 0.5) is 22.0 Å². The zero-order chi connectivity index (χ0) is 22.3. The maximum Gasteiger partial charge on any atom is 0.456 e. The lowest BCUT2D eigenvalue weighted by Crippen LogP contribution is -2.66. The van der Waals surface area contributed by atoms with Crippen molar-refractivity contribution in [1.29, 1.82) is 0 Å². The van der Waals surface area contributed by atoms with Crippen molar-refractivity contribution in [2.45, 2.75) is 82.9 Å². The Kier molecular flexibility index (Phi) is 4.79.